The molecule has 1 aliphatic carbocycles. The molecule has 0 aliphatic heterocycles. The number of amides is 3. The number of thioether (sulfide) groups is 1. The molecule has 0 bridgehead atoms. The van der Waals surface area contributed by atoms with E-state index in [0.717, 1.165) is 23.4 Å². The minimum atomic E-state index is -0.119. The lowest BCUT2D eigenvalue weighted by molar-refractivity contribution is -0.132. The van der Waals surface area contributed by atoms with E-state index in [-0.39, 0.29) is 30.0 Å². The normalized spacial score (nSPS) is 13.3. The van der Waals surface area contributed by atoms with Crippen LogP contribution >= 0.6 is 11.8 Å². The predicted molar refractivity (Wildman–Crippen MR) is 90.3 cm³/mol. The third kappa shape index (κ3) is 6.32. The number of nitrogens with zero attached hydrogens (tertiary/aromatic N) is 1. The van der Waals surface area contributed by atoms with Crippen molar-refractivity contribution in [3.8, 4) is 0 Å². The average Bonchev–Trinajstić information content (AvgIpc) is 3.29. The molecule has 3 amide bonds. The fourth-order valence-corrected chi connectivity index (χ4v) is 2.74. The summed E-state index contributed by atoms with van der Waals surface area (Å²) in [4.78, 5) is 37.0. The van der Waals surface area contributed by atoms with E-state index in [2.05, 4.69) is 10.6 Å². The van der Waals surface area contributed by atoms with Gasteiger partial charge in [0.1, 0.15) is 0 Å². The van der Waals surface area contributed by atoms with Crippen LogP contribution in [0.2, 0.25) is 0 Å². The molecule has 0 atom stereocenters. The Hall–Kier alpha value is -2.02. The molecule has 0 unspecified atom stereocenters. The van der Waals surface area contributed by atoms with Gasteiger partial charge in [-0.05, 0) is 37.1 Å². The first-order valence-corrected chi connectivity index (χ1v) is 8.46. The number of anilines is 1. The maximum atomic E-state index is 12.0. The Morgan fingerprint density at radius 3 is 2.43 bits per heavy atom. The van der Waals surface area contributed by atoms with Crippen LogP contribution in [0.25, 0.3) is 0 Å². The highest BCUT2D eigenvalue weighted by atomic mass is 32.2. The van der Waals surface area contributed by atoms with Crippen molar-refractivity contribution in [2.24, 2.45) is 0 Å². The highest BCUT2D eigenvalue weighted by Gasteiger charge is 2.24. The first-order chi connectivity index (χ1) is 10.9. The molecule has 1 aromatic carbocycles. The van der Waals surface area contributed by atoms with Crippen LogP contribution in [0, 0.1) is 0 Å². The quantitative estimate of drug-likeness (QED) is 0.740. The molecule has 0 radical (unpaired) electrons. The average molecular weight is 335 g/mol. The second kappa shape index (κ2) is 8.01. The third-order valence-electron chi connectivity index (χ3n) is 3.29. The number of carbonyl (C=O) groups is 3. The summed E-state index contributed by atoms with van der Waals surface area (Å²) in [5, 5.41) is 5.55. The Labute approximate surface area is 140 Å². The highest BCUT2D eigenvalue weighted by molar-refractivity contribution is 8.00. The van der Waals surface area contributed by atoms with Gasteiger partial charge in [-0.15, -0.1) is 11.8 Å². The monoisotopic (exact) mass is 335 g/mol. The van der Waals surface area contributed by atoms with E-state index < -0.39 is 0 Å². The van der Waals surface area contributed by atoms with E-state index in [1.54, 1.807) is 19.2 Å². The zero-order valence-corrected chi connectivity index (χ0v) is 14.1. The van der Waals surface area contributed by atoms with Crippen molar-refractivity contribution in [1.29, 1.82) is 0 Å². The molecule has 1 aliphatic rings. The lowest BCUT2D eigenvalue weighted by Gasteiger charge is -2.16. The molecule has 0 saturated heterocycles. The standard InChI is InChI=1S/C16H21N3O3S/c1-11(20)17-12-5-7-14(8-6-12)23-10-16(22)19(2)9-15(21)18-13-3-4-13/h5-8,13H,3-4,9-10H2,1-2H3,(H,17,20)(H,18,21). The lowest BCUT2D eigenvalue weighted by Crippen LogP contribution is -2.39. The van der Waals surface area contributed by atoms with Crippen molar-refractivity contribution >= 4 is 35.2 Å². The first kappa shape index (κ1) is 17.3. The second-order valence-electron chi connectivity index (χ2n) is 5.59. The molecule has 7 heteroatoms. The van der Waals surface area contributed by atoms with E-state index in [0.29, 0.717) is 6.04 Å². The molecule has 0 spiro atoms. The number of carbonyl (C=O) groups excluding carboxylic acids is 3. The van der Waals surface area contributed by atoms with Crippen LogP contribution in [0.3, 0.4) is 0 Å². The summed E-state index contributed by atoms with van der Waals surface area (Å²) in [6.45, 7) is 1.55. The van der Waals surface area contributed by atoms with E-state index in [1.807, 2.05) is 12.1 Å². The van der Waals surface area contributed by atoms with E-state index in [4.69, 9.17) is 0 Å². The molecule has 0 aromatic heterocycles. The molecule has 0 heterocycles. The number of likely N-dealkylation sites (N-methyl/N-ethyl adjacent to an activating group) is 1. The summed E-state index contributed by atoms with van der Waals surface area (Å²) in [6.07, 6.45) is 2.07. The topological polar surface area (TPSA) is 78.5 Å². The SMILES string of the molecule is CC(=O)Nc1ccc(SCC(=O)N(C)CC(=O)NC2CC2)cc1. The zero-order valence-electron chi connectivity index (χ0n) is 13.3. The maximum Gasteiger partial charge on any atom is 0.239 e. The molecule has 23 heavy (non-hydrogen) atoms. The summed E-state index contributed by atoms with van der Waals surface area (Å²) < 4.78 is 0. The summed E-state index contributed by atoms with van der Waals surface area (Å²) >= 11 is 1.40. The summed E-state index contributed by atoms with van der Waals surface area (Å²) in [6, 6.07) is 7.59. The first-order valence-electron chi connectivity index (χ1n) is 7.48. The van der Waals surface area contributed by atoms with Crippen LogP contribution in [0.15, 0.2) is 29.2 Å². The highest BCUT2D eigenvalue weighted by Crippen LogP contribution is 2.21. The van der Waals surface area contributed by atoms with Crippen LogP contribution in [-0.2, 0) is 14.4 Å². The maximum absolute atomic E-state index is 12.0. The Bertz CT molecular complexity index is 585. The van der Waals surface area contributed by atoms with Gasteiger partial charge in [-0.2, -0.15) is 0 Å². The van der Waals surface area contributed by atoms with Gasteiger partial charge >= 0.3 is 0 Å². The number of benzene rings is 1. The van der Waals surface area contributed by atoms with Gasteiger partial charge in [0.2, 0.25) is 17.7 Å². The molecule has 2 rings (SSSR count). The lowest BCUT2D eigenvalue weighted by atomic mass is 10.3. The molecule has 6 nitrogen and oxygen atoms in total. The van der Waals surface area contributed by atoms with Gasteiger partial charge in [-0.1, -0.05) is 0 Å². The van der Waals surface area contributed by atoms with E-state index in [9.17, 15) is 14.4 Å². The van der Waals surface area contributed by atoms with E-state index >= 15 is 0 Å². The summed E-state index contributed by atoms with van der Waals surface area (Å²) in [5.41, 5.74) is 0.724. The fourth-order valence-electron chi connectivity index (χ4n) is 1.90. The molecular formula is C16H21N3O3S. The Morgan fingerprint density at radius 2 is 1.87 bits per heavy atom. The fraction of sp³-hybridized carbons (Fsp3) is 0.438. The van der Waals surface area contributed by atoms with Crippen molar-refractivity contribution in [1.82, 2.24) is 10.2 Å². The Balaban J connectivity index is 1.74. The zero-order chi connectivity index (χ0) is 16.8. The smallest absolute Gasteiger partial charge is 0.239 e. The predicted octanol–water partition coefficient (Wildman–Crippen LogP) is 1.47. The number of nitrogens with one attached hydrogen (secondary N) is 2. The second-order valence-corrected chi connectivity index (χ2v) is 6.63. The molecule has 2 N–H and O–H groups in total. The van der Waals surface area contributed by atoms with Crippen LogP contribution in [0.1, 0.15) is 19.8 Å². The van der Waals surface area contributed by atoms with Crippen molar-refractivity contribution in [2.75, 3.05) is 24.7 Å². The molecule has 1 aromatic rings. The van der Waals surface area contributed by atoms with Crippen LogP contribution in [0.4, 0.5) is 5.69 Å². The van der Waals surface area contributed by atoms with Crippen molar-refractivity contribution in [3.63, 3.8) is 0 Å². The Kier molecular flexibility index (Phi) is 6.04. The van der Waals surface area contributed by atoms with Gasteiger partial charge in [-0.3, -0.25) is 14.4 Å². The van der Waals surface area contributed by atoms with Crippen molar-refractivity contribution in [2.45, 2.75) is 30.7 Å². The van der Waals surface area contributed by atoms with Crippen LogP contribution in [-0.4, -0.2) is 48.0 Å². The minimum absolute atomic E-state index is 0.0908. The third-order valence-corrected chi connectivity index (χ3v) is 4.28. The Morgan fingerprint density at radius 1 is 1.22 bits per heavy atom. The van der Waals surface area contributed by atoms with Crippen molar-refractivity contribution in [3.05, 3.63) is 24.3 Å². The van der Waals surface area contributed by atoms with Crippen LogP contribution < -0.4 is 10.6 Å². The van der Waals surface area contributed by atoms with Gasteiger partial charge in [0, 0.05) is 30.6 Å². The van der Waals surface area contributed by atoms with Gasteiger partial charge in [0.25, 0.3) is 0 Å². The molecule has 1 saturated carbocycles. The largest absolute Gasteiger partial charge is 0.352 e. The summed E-state index contributed by atoms with van der Waals surface area (Å²) in [5.74, 6) is -0.0428. The van der Waals surface area contributed by atoms with Gasteiger partial charge < -0.3 is 15.5 Å². The summed E-state index contributed by atoms with van der Waals surface area (Å²) in [7, 11) is 1.63. The van der Waals surface area contributed by atoms with Gasteiger partial charge in [-0.25, -0.2) is 0 Å². The van der Waals surface area contributed by atoms with Crippen LogP contribution in [0.5, 0.6) is 0 Å². The van der Waals surface area contributed by atoms with Gasteiger partial charge in [0.15, 0.2) is 0 Å². The molecular weight excluding hydrogens is 314 g/mol. The van der Waals surface area contributed by atoms with Crippen molar-refractivity contribution < 1.29 is 14.4 Å². The van der Waals surface area contributed by atoms with Gasteiger partial charge in [0.05, 0.1) is 12.3 Å². The number of hydrogen-bond acceptors (Lipinski definition) is 4. The van der Waals surface area contributed by atoms with E-state index in [1.165, 1.54) is 23.6 Å². The number of rotatable bonds is 7. The minimum Gasteiger partial charge on any atom is -0.352 e. The number of hydrogen-bond donors (Lipinski definition) is 2. The molecule has 1 fully saturated rings. The molecule has 124 valence electrons.